The summed E-state index contributed by atoms with van der Waals surface area (Å²) in [6.45, 7) is 6.00. The van der Waals surface area contributed by atoms with Crippen LogP contribution in [0.2, 0.25) is 0 Å². The molecule has 0 aliphatic carbocycles. The SMILES string of the molecule is COc1ccccc1C(C)NC(=O)c1ccc(C)c(C)c1. The van der Waals surface area contributed by atoms with Crippen LogP contribution < -0.4 is 10.1 Å². The van der Waals surface area contributed by atoms with Crippen molar-refractivity contribution in [1.82, 2.24) is 5.32 Å². The van der Waals surface area contributed by atoms with E-state index in [4.69, 9.17) is 4.74 Å². The molecule has 2 rings (SSSR count). The first-order valence-corrected chi connectivity index (χ1v) is 7.04. The predicted octanol–water partition coefficient (Wildman–Crippen LogP) is 3.80. The fraction of sp³-hybridized carbons (Fsp3) is 0.278. The molecule has 1 N–H and O–H groups in total. The minimum atomic E-state index is -0.116. The third-order valence-corrected chi connectivity index (χ3v) is 3.72. The number of amides is 1. The Morgan fingerprint density at radius 3 is 2.48 bits per heavy atom. The highest BCUT2D eigenvalue weighted by molar-refractivity contribution is 5.94. The van der Waals surface area contributed by atoms with Gasteiger partial charge in [-0.15, -0.1) is 0 Å². The smallest absolute Gasteiger partial charge is 0.251 e. The normalized spacial score (nSPS) is 11.8. The number of carbonyl (C=O) groups is 1. The van der Waals surface area contributed by atoms with Crippen LogP contribution in [0.15, 0.2) is 42.5 Å². The third-order valence-electron chi connectivity index (χ3n) is 3.72. The van der Waals surface area contributed by atoms with Crippen molar-refractivity contribution in [1.29, 1.82) is 0 Å². The van der Waals surface area contributed by atoms with E-state index in [1.165, 1.54) is 5.56 Å². The number of benzene rings is 2. The van der Waals surface area contributed by atoms with Crippen molar-refractivity contribution in [3.63, 3.8) is 0 Å². The summed E-state index contributed by atoms with van der Waals surface area (Å²) in [6.07, 6.45) is 0. The summed E-state index contributed by atoms with van der Waals surface area (Å²) < 4.78 is 5.34. The summed E-state index contributed by atoms with van der Waals surface area (Å²) in [6, 6.07) is 13.3. The van der Waals surface area contributed by atoms with E-state index in [1.54, 1.807) is 7.11 Å². The fourth-order valence-corrected chi connectivity index (χ4v) is 2.26. The van der Waals surface area contributed by atoms with Gasteiger partial charge < -0.3 is 10.1 Å². The molecule has 0 aliphatic heterocycles. The van der Waals surface area contributed by atoms with Crippen LogP contribution in [0, 0.1) is 13.8 Å². The molecule has 2 aromatic carbocycles. The van der Waals surface area contributed by atoms with E-state index >= 15 is 0 Å². The lowest BCUT2D eigenvalue weighted by molar-refractivity contribution is 0.0939. The Bertz CT molecular complexity index is 649. The van der Waals surface area contributed by atoms with Crippen LogP contribution in [0.3, 0.4) is 0 Å². The first kappa shape index (κ1) is 15.1. The average Bonchev–Trinajstić information content (AvgIpc) is 2.49. The number of hydrogen-bond donors (Lipinski definition) is 1. The molecular formula is C18H21NO2. The summed E-state index contributed by atoms with van der Waals surface area (Å²) in [5.74, 6) is 0.710. The van der Waals surface area contributed by atoms with Crippen molar-refractivity contribution in [2.75, 3.05) is 7.11 Å². The monoisotopic (exact) mass is 283 g/mol. The van der Waals surface area contributed by atoms with Crippen molar-refractivity contribution in [2.45, 2.75) is 26.8 Å². The van der Waals surface area contributed by atoms with Gasteiger partial charge in [0.1, 0.15) is 5.75 Å². The zero-order valence-corrected chi connectivity index (χ0v) is 12.9. The maximum Gasteiger partial charge on any atom is 0.251 e. The van der Waals surface area contributed by atoms with Crippen LogP contribution in [-0.4, -0.2) is 13.0 Å². The first-order chi connectivity index (χ1) is 10.0. The summed E-state index contributed by atoms with van der Waals surface area (Å²) >= 11 is 0. The van der Waals surface area contributed by atoms with Gasteiger partial charge in [-0.3, -0.25) is 4.79 Å². The number of hydrogen-bond acceptors (Lipinski definition) is 2. The quantitative estimate of drug-likeness (QED) is 0.926. The number of para-hydroxylation sites is 1. The van der Waals surface area contributed by atoms with Crippen molar-refractivity contribution in [3.05, 3.63) is 64.7 Å². The minimum Gasteiger partial charge on any atom is -0.496 e. The molecule has 1 amide bonds. The molecule has 3 heteroatoms. The lowest BCUT2D eigenvalue weighted by Gasteiger charge is -2.17. The Morgan fingerprint density at radius 2 is 1.81 bits per heavy atom. The Morgan fingerprint density at radius 1 is 1.10 bits per heavy atom. The van der Waals surface area contributed by atoms with Gasteiger partial charge in [-0.1, -0.05) is 24.3 Å². The van der Waals surface area contributed by atoms with Gasteiger partial charge in [0.2, 0.25) is 0 Å². The Labute approximate surface area is 126 Å². The number of methoxy groups -OCH3 is 1. The second kappa shape index (κ2) is 6.44. The van der Waals surface area contributed by atoms with Crippen molar-refractivity contribution < 1.29 is 9.53 Å². The molecule has 0 fully saturated rings. The highest BCUT2D eigenvalue weighted by Gasteiger charge is 2.15. The van der Waals surface area contributed by atoms with Gasteiger partial charge >= 0.3 is 0 Å². The van der Waals surface area contributed by atoms with Crippen LogP contribution in [0.5, 0.6) is 5.75 Å². The summed E-state index contributed by atoms with van der Waals surface area (Å²) in [7, 11) is 1.64. The zero-order valence-electron chi connectivity index (χ0n) is 12.9. The average molecular weight is 283 g/mol. The largest absolute Gasteiger partial charge is 0.496 e. The molecule has 1 atom stereocenters. The Balaban J connectivity index is 2.16. The molecule has 3 nitrogen and oxygen atoms in total. The first-order valence-electron chi connectivity index (χ1n) is 7.04. The summed E-state index contributed by atoms with van der Waals surface area (Å²) in [4.78, 5) is 12.3. The number of rotatable bonds is 4. The molecule has 0 aliphatic rings. The molecule has 0 saturated heterocycles. The van der Waals surface area contributed by atoms with Crippen molar-refractivity contribution in [2.24, 2.45) is 0 Å². The molecule has 0 radical (unpaired) electrons. The topological polar surface area (TPSA) is 38.3 Å². The van der Waals surface area contributed by atoms with Crippen molar-refractivity contribution in [3.8, 4) is 5.75 Å². The Hall–Kier alpha value is -2.29. The van der Waals surface area contributed by atoms with Crippen LogP contribution in [0.1, 0.15) is 40.0 Å². The van der Waals surface area contributed by atoms with E-state index in [-0.39, 0.29) is 11.9 Å². The lowest BCUT2D eigenvalue weighted by atomic mass is 10.0. The highest BCUT2D eigenvalue weighted by Crippen LogP contribution is 2.24. The summed E-state index contributed by atoms with van der Waals surface area (Å²) in [5, 5.41) is 3.01. The van der Waals surface area contributed by atoms with Crippen molar-refractivity contribution >= 4 is 5.91 Å². The van der Waals surface area contributed by atoms with E-state index < -0.39 is 0 Å². The van der Waals surface area contributed by atoms with Crippen LogP contribution in [0.25, 0.3) is 0 Å². The number of carbonyl (C=O) groups excluding carboxylic acids is 1. The van der Waals surface area contributed by atoms with E-state index in [2.05, 4.69) is 5.32 Å². The van der Waals surface area contributed by atoms with Gasteiger partial charge in [-0.25, -0.2) is 0 Å². The fourth-order valence-electron chi connectivity index (χ4n) is 2.26. The zero-order chi connectivity index (χ0) is 15.4. The molecule has 21 heavy (non-hydrogen) atoms. The predicted molar refractivity (Wildman–Crippen MR) is 84.8 cm³/mol. The van der Waals surface area contributed by atoms with E-state index in [0.29, 0.717) is 5.56 Å². The number of nitrogens with one attached hydrogen (secondary N) is 1. The van der Waals surface area contributed by atoms with Crippen LogP contribution >= 0.6 is 0 Å². The molecule has 110 valence electrons. The van der Waals surface area contributed by atoms with Gasteiger partial charge in [-0.05, 0) is 50.1 Å². The van der Waals surface area contributed by atoms with Gasteiger partial charge in [0.25, 0.3) is 5.91 Å². The highest BCUT2D eigenvalue weighted by atomic mass is 16.5. The van der Waals surface area contributed by atoms with Gasteiger partial charge in [0.15, 0.2) is 0 Å². The molecular weight excluding hydrogens is 262 g/mol. The van der Waals surface area contributed by atoms with E-state index in [9.17, 15) is 4.79 Å². The van der Waals surface area contributed by atoms with Gasteiger partial charge in [0, 0.05) is 11.1 Å². The van der Waals surface area contributed by atoms with Crippen LogP contribution in [-0.2, 0) is 0 Å². The van der Waals surface area contributed by atoms with E-state index in [0.717, 1.165) is 16.9 Å². The second-order valence-electron chi connectivity index (χ2n) is 5.24. The Kier molecular flexibility index (Phi) is 4.63. The van der Waals surface area contributed by atoms with Crippen LogP contribution in [0.4, 0.5) is 0 Å². The molecule has 0 aromatic heterocycles. The van der Waals surface area contributed by atoms with Gasteiger partial charge in [-0.2, -0.15) is 0 Å². The van der Waals surface area contributed by atoms with Gasteiger partial charge in [0.05, 0.1) is 13.2 Å². The number of ether oxygens (including phenoxy) is 1. The molecule has 2 aromatic rings. The summed E-state index contributed by atoms with van der Waals surface area (Å²) in [5.41, 5.74) is 3.95. The lowest BCUT2D eigenvalue weighted by Crippen LogP contribution is -2.27. The maximum absolute atomic E-state index is 12.3. The molecule has 0 bridgehead atoms. The molecule has 0 heterocycles. The molecule has 0 spiro atoms. The minimum absolute atomic E-state index is 0.0727. The number of aryl methyl sites for hydroxylation is 2. The standard InChI is InChI=1S/C18H21NO2/c1-12-9-10-15(11-13(12)2)18(20)19-14(3)16-7-5-6-8-17(16)21-4/h5-11,14H,1-4H3,(H,19,20). The maximum atomic E-state index is 12.3. The third kappa shape index (κ3) is 3.43. The molecule has 1 unspecified atom stereocenters. The second-order valence-corrected chi connectivity index (χ2v) is 5.24. The van der Waals surface area contributed by atoms with E-state index in [1.807, 2.05) is 63.2 Å². The molecule has 0 saturated carbocycles.